The van der Waals surface area contributed by atoms with Crippen molar-refractivity contribution in [1.29, 1.82) is 0 Å². The van der Waals surface area contributed by atoms with E-state index in [1.807, 2.05) is 0 Å². The average molecular weight is 2330 g/mol. The molecule has 0 spiro atoms. The molecule has 78 heteroatoms. The molecule has 5 heterocycles. The summed E-state index contributed by atoms with van der Waals surface area (Å²) in [6, 6.07) is 5.29. The quantitative estimate of drug-likeness (QED) is 0.00961. The summed E-state index contributed by atoms with van der Waals surface area (Å²) < 4.78 is 282. The van der Waals surface area contributed by atoms with Crippen molar-refractivity contribution in [2.24, 2.45) is 0 Å². The maximum Gasteiger partial charge on any atom is 1.00 e. The van der Waals surface area contributed by atoms with Gasteiger partial charge in [-0.1, -0.05) is 28.0 Å². The van der Waals surface area contributed by atoms with Crippen LogP contribution in [-0.4, -0.2) is 461 Å². The molecule has 0 bridgehead atoms. The summed E-state index contributed by atoms with van der Waals surface area (Å²) in [5, 5.41) is 172. The number of aliphatic hydroxyl groups excluding tert-OH is 12. The number of nitrogens with one attached hydrogen (secondary N) is 8. The molecule has 0 radical (unpaired) electrons. The van der Waals surface area contributed by atoms with Gasteiger partial charge in [-0.05, 0) is 67.8 Å². The standard InChI is InChI=1S/C68H107N9O53S8.8Na/c1-117-53-38(27-121-135(105,106)107)123-65(43(49(53)89)75-133(99,100)101)125-55-51(91)57(129-137(111,112)113)67(127-59(55)63(95)96)119-25-36(80)47(87)45(85)34(78)21-71-31-11-7-29(8-12-31)61(93)69-16-18-77(42(84)24-74-41(83)23-73-40(82)6-4-3-5-33-15-20-131-132-33)19-17-70-62(94)30-9-13-32(14-10-30)72-22-35(79)46(86)48(88)37(81)26-120-68-58(130-138(114,115)116)52(92)56(60(128-68)64(97)98)126-66-44(76-134(102,103)104)50(90)54(118-2)39(124-66)28-122-136(108,109)110;;;;;;;;/h7-14,33-39,43-60,65-68,71-72,75-76,78-81,85-92H,3-6,15-28H2,1-2H3,(H,69,93)(H,70,94)(H,73,82)(H,74,83)(H,95,96)(H,97,98)(H,99,100,101)(H,102,103,104)(H,105,106,107)(H,108,109,110)(H,111,112,113)(H,114,115,116);;;;;;;;/q;8*+1/p-8/t33?,34?,35?,36?,37?,38?,39?,43?,44?,45-,46-,47+,48+,49-,50-,51+,52+,53-,54-,55-,56-,57?,58?,59?,60?,65-,66-,67+,68+;;;;;;;;/m0......../s1. The number of anilines is 2. The number of rotatable bonds is 57. The first-order valence-corrected chi connectivity index (χ1v) is 50.9. The van der Waals surface area contributed by atoms with Crippen molar-refractivity contribution >= 4 is 137 Å². The van der Waals surface area contributed by atoms with E-state index in [0.29, 0.717) is 11.7 Å². The van der Waals surface area contributed by atoms with Gasteiger partial charge in [0.1, 0.15) is 122 Å². The van der Waals surface area contributed by atoms with Crippen LogP contribution in [0.15, 0.2) is 48.5 Å². The normalized spacial score (nSPS) is 27.0. The van der Waals surface area contributed by atoms with E-state index in [9.17, 15) is 183 Å². The summed E-state index contributed by atoms with van der Waals surface area (Å²) in [6.07, 6.45) is -60.7. The van der Waals surface area contributed by atoms with Crippen LogP contribution in [0.3, 0.4) is 0 Å². The Labute approximate surface area is 1020 Å². The second-order valence-corrected chi connectivity index (χ2v) is 39.7. The molecule has 20 N–H and O–H groups in total. The summed E-state index contributed by atoms with van der Waals surface area (Å²) in [6.45, 7) is -9.15. The van der Waals surface area contributed by atoms with E-state index >= 15 is 0 Å². The molecule has 0 aliphatic carbocycles. The second kappa shape index (κ2) is 69.9. The minimum atomic E-state index is -6.05. The maximum absolute atomic E-state index is 13.8. The van der Waals surface area contributed by atoms with Crippen molar-refractivity contribution < 1.29 is 483 Å². The van der Waals surface area contributed by atoms with Crippen LogP contribution in [0.1, 0.15) is 52.8 Å². The Morgan fingerprint density at radius 2 is 0.815 bits per heavy atom. The van der Waals surface area contributed by atoms with Crippen LogP contribution < -0.4 is 288 Å². The van der Waals surface area contributed by atoms with E-state index in [1.165, 1.54) is 58.0 Å². The molecular weight excluding hydrogens is 2230 g/mol. The summed E-state index contributed by atoms with van der Waals surface area (Å²) in [7, 11) is -29.4. The van der Waals surface area contributed by atoms with Gasteiger partial charge in [-0.15, -0.1) is 0 Å². The Hall–Kier alpha value is 1.37. The van der Waals surface area contributed by atoms with E-state index in [2.05, 4.69) is 48.6 Å². The number of carbonyl (C=O) groups is 7. The van der Waals surface area contributed by atoms with Crippen molar-refractivity contribution in [1.82, 2.24) is 35.6 Å². The number of aliphatic carboxylic acids is 2. The maximum atomic E-state index is 13.8. The molecule has 5 amide bonds. The smallest absolute Gasteiger partial charge is 0.735 e. The number of aliphatic hydroxyl groups is 12. The number of ether oxygens (including phenoxy) is 10. The topological polar surface area (TPSA) is 980 Å². The van der Waals surface area contributed by atoms with E-state index in [1.54, 1.807) is 21.6 Å². The molecule has 2 aromatic rings. The largest absolute Gasteiger partial charge is 1.00 e. The minimum Gasteiger partial charge on any atom is -0.735 e. The molecule has 5 aliphatic heterocycles. The molecule has 13 unspecified atom stereocenters. The molecule has 5 fully saturated rings. The Morgan fingerprint density at radius 1 is 0.452 bits per heavy atom. The molecule has 0 saturated carbocycles. The number of hydrogen-bond donors (Lipinski definition) is 20. The number of methoxy groups -OCH3 is 2. The molecule has 0 aromatic heterocycles. The zero-order valence-corrected chi connectivity index (χ0v) is 102. The summed E-state index contributed by atoms with van der Waals surface area (Å²) in [5.74, 6) is -7.22. The number of carbonyl (C=O) groups excluding carboxylic acids is 7. The monoisotopic (exact) mass is 2330 g/mol. The van der Waals surface area contributed by atoms with Crippen molar-refractivity contribution in [3.63, 3.8) is 0 Å². The predicted octanol–water partition coefficient (Wildman–Crippen LogP) is -41.5. The van der Waals surface area contributed by atoms with Gasteiger partial charge in [0.2, 0.25) is 59.3 Å². The summed E-state index contributed by atoms with van der Waals surface area (Å²) >= 11 is 0. The van der Waals surface area contributed by atoms with Crippen molar-refractivity contribution in [2.45, 2.75) is 209 Å². The van der Waals surface area contributed by atoms with Gasteiger partial charge in [-0.25, -0.2) is 60.0 Å². The summed E-state index contributed by atoms with van der Waals surface area (Å²) in [4.78, 5) is 92.2. The van der Waals surface area contributed by atoms with Gasteiger partial charge >= 0.3 is 236 Å². The molecule has 146 heavy (non-hydrogen) atoms. The molecule has 790 valence electrons. The van der Waals surface area contributed by atoms with E-state index in [4.69, 9.17) is 47.4 Å². The number of benzene rings is 2. The Bertz CT molecular complexity index is 4800. The third-order valence-electron chi connectivity index (χ3n) is 20.7. The van der Waals surface area contributed by atoms with E-state index < -0.39 is 328 Å². The number of nitrogens with zero attached hydrogens (tertiary/aromatic N) is 1. The average Bonchev–Trinajstić information content (AvgIpc) is 0.863. The van der Waals surface area contributed by atoms with Crippen LogP contribution in [0.25, 0.3) is 0 Å². The minimum absolute atomic E-state index is 0. The van der Waals surface area contributed by atoms with Gasteiger partial charge in [-0.3, -0.25) is 40.7 Å². The zero-order chi connectivity index (χ0) is 103. The molecule has 5 saturated heterocycles. The Balaban J connectivity index is 0. The molecule has 2 aromatic carbocycles. The molecule has 5 aliphatic rings. The van der Waals surface area contributed by atoms with Gasteiger partial charge in [-0.2, -0.15) is 0 Å². The Morgan fingerprint density at radius 3 is 1.14 bits per heavy atom. The Kier molecular flexibility index (Phi) is 71.5. The summed E-state index contributed by atoms with van der Waals surface area (Å²) in [5.41, 5.74) is 0.197. The molecule has 7 rings (SSSR count). The van der Waals surface area contributed by atoms with Crippen LogP contribution in [0, 0.1) is 0 Å². The van der Waals surface area contributed by atoms with Gasteiger partial charge in [0, 0.05) is 93.4 Å². The van der Waals surface area contributed by atoms with Crippen molar-refractivity contribution in [3.8, 4) is 0 Å². The number of carboxylic acids is 2. The van der Waals surface area contributed by atoms with Crippen molar-refractivity contribution in [2.75, 3.05) is 109 Å². The van der Waals surface area contributed by atoms with E-state index in [0.717, 1.165) is 44.1 Å². The first kappa shape index (κ1) is 149. The van der Waals surface area contributed by atoms with E-state index in [-0.39, 0.29) is 292 Å². The number of carboxylic acid groups (broad SMARTS) is 2. The van der Waals surface area contributed by atoms with Gasteiger partial charge in [0.25, 0.3) is 11.8 Å². The number of hydrogen-bond acceptors (Lipinski definition) is 57. The van der Waals surface area contributed by atoms with Gasteiger partial charge < -0.3 is 193 Å². The van der Waals surface area contributed by atoms with Gasteiger partial charge in [0.15, 0.2) is 58.0 Å². The predicted molar refractivity (Wildman–Crippen MR) is 438 cm³/mol. The number of unbranched alkanes of at least 4 members (excludes halogenated alkanes) is 1. The third-order valence-corrected chi connectivity index (χ3v) is 26.6. The second-order valence-electron chi connectivity index (χ2n) is 30.5. The zero-order valence-electron chi connectivity index (χ0n) is 79.4. The fraction of sp³-hybridized carbons (Fsp3) is 0.721. The number of amides is 5. The van der Waals surface area contributed by atoms with Crippen LogP contribution in [0.2, 0.25) is 0 Å². The molecule has 29 atom stereocenters. The van der Waals surface area contributed by atoms with Crippen molar-refractivity contribution in [3.05, 3.63) is 59.7 Å². The van der Waals surface area contributed by atoms with Crippen LogP contribution in [-0.2, 0) is 150 Å². The van der Waals surface area contributed by atoms with Crippen LogP contribution >= 0.6 is 21.6 Å². The molecule has 62 nitrogen and oxygen atoms in total. The SMILES string of the molecule is CO[C@H]1C(COS(=O)(=O)[O-])O[C@@H](O[C@@H]2C(C(=O)[O-])O[C@@H](OCC(O)[C@@H](O)[C@@H](O)C(O)CNc3ccc(C(=O)NCCN(CCNC(=O)c4ccc(NCC(O)[C@H](O)[C@H](O)C(O)CO[C@@H]5OC(C(=O)[O-])[C@@H](O[C@@H]6OC(COS(=O)(=O)[O-])[C@H](OC)[C@@H](O)C6NS(=O)(=O)[O-])[C@@H](O)C5OS(=O)(=O)[O-])cc4)C(=O)CNC(=O)CNC(=O)CCCCC4CCSS4)cc3)C(OS(=O)(=O)[O-])[C@@H]2O)C(NS(=O)(=O)[O-])[C@@H]1O.[Na+].[Na+].[Na+].[Na+].[Na+].[Na+].[Na+].[Na+]. The fourth-order valence-corrected chi connectivity index (χ4v) is 19.6. The first-order valence-electron chi connectivity index (χ1n) is 40.4. The van der Waals surface area contributed by atoms with Crippen LogP contribution in [0.5, 0.6) is 0 Å². The van der Waals surface area contributed by atoms with Gasteiger partial charge in [0.05, 0.1) is 63.7 Å². The molecular formula is C68H99N9Na8O53S8. The first-order chi connectivity index (χ1) is 64.3. The fourth-order valence-electron chi connectivity index (χ4n) is 13.9. The van der Waals surface area contributed by atoms with Crippen LogP contribution in [0.4, 0.5) is 11.4 Å². The third kappa shape index (κ3) is 50.3.